The second kappa shape index (κ2) is 10.5. The van der Waals surface area contributed by atoms with Gasteiger partial charge in [0.1, 0.15) is 23.6 Å². The van der Waals surface area contributed by atoms with E-state index >= 15 is 0 Å². The van der Waals surface area contributed by atoms with Crippen LogP contribution in [0.2, 0.25) is 0 Å². The van der Waals surface area contributed by atoms with Crippen LogP contribution in [0.1, 0.15) is 50.4 Å². The van der Waals surface area contributed by atoms with Crippen LogP contribution in [0.25, 0.3) is 5.82 Å². The molecule has 3 aromatic rings. The molecule has 226 valence electrons. The van der Waals surface area contributed by atoms with E-state index in [9.17, 15) is 26.4 Å². The fourth-order valence-corrected chi connectivity index (χ4v) is 6.25. The largest absolute Gasteiger partial charge is 0.497 e. The minimum absolute atomic E-state index is 0.0106. The van der Waals surface area contributed by atoms with E-state index in [4.69, 9.17) is 14.5 Å². The third-order valence-corrected chi connectivity index (χ3v) is 9.13. The number of rotatable bonds is 9. The Morgan fingerprint density at radius 2 is 1.81 bits per heavy atom. The zero-order chi connectivity index (χ0) is 30.5. The van der Waals surface area contributed by atoms with Crippen LogP contribution in [-0.2, 0) is 10.0 Å². The first-order valence-corrected chi connectivity index (χ1v) is 14.9. The van der Waals surface area contributed by atoms with Crippen LogP contribution in [0.4, 0.5) is 19.0 Å². The van der Waals surface area contributed by atoms with Gasteiger partial charge in [0.05, 0.1) is 17.6 Å². The molecule has 2 aliphatic rings. The van der Waals surface area contributed by atoms with Gasteiger partial charge < -0.3 is 14.4 Å². The summed E-state index contributed by atoms with van der Waals surface area (Å²) in [6, 6.07) is 10.0. The van der Waals surface area contributed by atoms with Crippen molar-refractivity contribution >= 4 is 21.7 Å². The highest BCUT2D eigenvalue weighted by molar-refractivity contribution is 7.90. The summed E-state index contributed by atoms with van der Waals surface area (Å²) in [5, 5.41) is 4.24. The molecular formula is C28H32F3N5O5S. The molecule has 0 bridgehead atoms. The van der Waals surface area contributed by atoms with Crippen LogP contribution < -0.4 is 19.1 Å². The van der Waals surface area contributed by atoms with Crippen molar-refractivity contribution in [2.75, 3.05) is 25.2 Å². The lowest BCUT2D eigenvalue weighted by atomic mass is 9.97. The molecule has 2 aromatic heterocycles. The van der Waals surface area contributed by atoms with E-state index in [1.807, 2.05) is 18.7 Å². The van der Waals surface area contributed by atoms with Crippen molar-refractivity contribution in [3.05, 3.63) is 54.2 Å². The number of alkyl halides is 3. The van der Waals surface area contributed by atoms with Crippen molar-refractivity contribution in [3.63, 3.8) is 0 Å². The molecule has 0 spiro atoms. The van der Waals surface area contributed by atoms with Crippen LogP contribution in [-0.4, -0.2) is 61.1 Å². The SMILES string of the molecule is COc1ccc(S(=O)(=O)NC(=O)c2ccc(-n3ccc(OCC4(C(F)(F)F)CC4)n3)nc2N2C[C@@H](C)CC2(C)C)cc1. The smallest absolute Gasteiger partial charge is 0.397 e. The second-order valence-electron chi connectivity index (χ2n) is 11.5. The number of nitrogens with one attached hydrogen (secondary N) is 1. The van der Waals surface area contributed by atoms with Crippen molar-refractivity contribution in [2.45, 2.75) is 56.6 Å². The maximum Gasteiger partial charge on any atom is 0.397 e. The zero-order valence-electron chi connectivity index (χ0n) is 23.6. The number of nitrogens with zero attached hydrogens (tertiary/aromatic N) is 4. The number of benzene rings is 1. The Balaban J connectivity index is 1.44. The topological polar surface area (TPSA) is 116 Å². The monoisotopic (exact) mass is 607 g/mol. The third-order valence-electron chi connectivity index (χ3n) is 7.78. The summed E-state index contributed by atoms with van der Waals surface area (Å²) >= 11 is 0. The van der Waals surface area contributed by atoms with Gasteiger partial charge in [-0.2, -0.15) is 13.2 Å². The summed E-state index contributed by atoms with van der Waals surface area (Å²) in [6.45, 7) is 6.14. The number of amides is 1. The van der Waals surface area contributed by atoms with Gasteiger partial charge >= 0.3 is 6.18 Å². The van der Waals surface area contributed by atoms with Crippen LogP contribution in [0.15, 0.2) is 53.6 Å². The van der Waals surface area contributed by atoms with Crippen LogP contribution in [0, 0.1) is 11.3 Å². The number of hydrogen-bond acceptors (Lipinski definition) is 8. The van der Waals surface area contributed by atoms with Crippen LogP contribution in [0.3, 0.4) is 0 Å². The molecule has 1 N–H and O–H groups in total. The third kappa shape index (κ3) is 5.76. The van der Waals surface area contributed by atoms with Crippen molar-refractivity contribution < 1.29 is 35.9 Å². The first kappa shape index (κ1) is 29.7. The molecule has 1 amide bonds. The van der Waals surface area contributed by atoms with Crippen molar-refractivity contribution in [3.8, 4) is 17.4 Å². The van der Waals surface area contributed by atoms with Gasteiger partial charge in [0, 0.05) is 24.3 Å². The summed E-state index contributed by atoms with van der Waals surface area (Å²) in [5.74, 6) is 0.431. The molecule has 2 fully saturated rings. The van der Waals surface area contributed by atoms with Crippen molar-refractivity contribution in [1.82, 2.24) is 19.5 Å². The molecule has 42 heavy (non-hydrogen) atoms. The van der Waals surface area contributed by atoms with E-state index in [1.54, 1.807) is 0 Å². The Morgan fingerprint density at radius 3 is 2.38 bits per heavy atom. The Kier molecular flexibility index (Phi) is 7.40. The first-order chi connectivity index (χ1) is 19.6. The van der Waals surface area contributed by atoms with E-state index in [0.29, 0.717) is 12.3 Å². The molecule has 1 saturated carbocycles. The number of ether oxygens (including phenoxy) is 2. The standard InChI is InChI=1S/C28H32F3N5O5S/c1-18-15-26(2,3)35(16-18)24-21(25(37)34-42(38,39)20-7-5-19(40-4)6-8-20)9-10-22(32-24)36-14-11-23(33-36)41-17-27(12-13-27)28(29,30)31/h5-11,14,18H,12-13,15-17H2,1-4H3,(H,34,37)/t18-/m0/s1. The maximum atomic E-state index is 13.4. The molecule has 1 atom stereocenters. The van der Waals surface area contributed by atoms with Gasteiger partial charge in [-0.25, -0.2) is 22.8 Å². The molecule has 1 saturated heterocycles. The fourth-order valence-electron chi connectivity index (χ4n) is 5.28. The van der Waals surface area contributed by atoms with Gasteiger partial charge in [0.15, 0.2) is 5.82 Å². The molecule has 14 heteroatoms. The lowest BCUT2D eigenvalue weighted by Gasteiger charge is -2.34. The number of sulfonamides is 1. The minimum Gasteiger partial charge on any atom is -0.497 e. The molecule has 10 nitrogen and oxygen atoms in total. The molecule has 1 aliphatic heterocycles. The first-order valence-electron chi connectivity index (χ1n) is 13.4. The number of halogens is 3. The predicted octanol–water partition coefficient (Wildman–Crippen LogP) is 4.74. The van der Waals surface area contributed by atoms with E-state index in [0.717, 1.165) is 6.42 Å². The lowest BCUT2D eigenvalue weighted by Crippen LogP contribution is -2.41. The Hall–Kier alpha value is -3.81. The molecule has 0 unspecified atom stereocenters. The van der Waals surface area contributed by atoms with Gasteiger partial charge in [0.2, 0.25) is 5.88 Å². The van der Waals surface area contributed by atoms with E-state index in [2.05, 4.69) is 16.7 Å². The molecule has 1 aliphatic carbocycles. The van der Waals surface area contributed by atoms with Crippen LogP contribution >= 0.6 is 0 Å². The maximum absolute atomic E-state index is 13.4. The summed E-state index contributed by atoms with van der Waals surface area (Å²) in [7, 11) is -2.75. The van der Waals surface area contributed by atoms with E-state index in [-0.39, 0.29) is 46.7 Å². The average Bonchev–Trinajstić information content (AvgIpc) is 3.50. The number of carbonyl (C=O) groups excluding carboxylic acids is 1. The van der Waals surface area contributed by atoms with Crippen molar-refractivity contribution in [1.29, 1.82) is 0 Å². The van der Waals surface area contributed by atoms with Gasteiger partial charge in [-0.15, -0.1) is 5.10 Å². The van der Waals surface area contributed by atoms with E-state index in [1.165, 1.54) is 60.5 Å². The number of methoxy groups -OCH3 is 1. The minimum atomic E-state index is -4.34. The number of carbonyl (C=O) groups is 1. The normalized spacial score (nSPS) is 19.4. The Morgan fingerprint density at radius 1 is 1.12 bits per heavy atom. The molecule has 3 heterocycles. The van der Waals surface area contributed by atoms with Crippen LogP contribution in [0.5, 0.6) is 11.6 Å². The second-order valence-corrected chi connectivity index (χ2v) is 13.2. The highest BCUT2D eigenvalue weighted by Gasteiger charge is 2.64. The fraction of sp³-hybridized carbons (Fsp3) is 0.464. The summed E-state index contributed by atoms with van der Waals surface area (Å²) in [4.78, 5) is 20.0. The lowest BCUT2D eigenvalue weighted by molar-refractivity contribution is -0.194. The highest BCUT2D eigenvalue weighted by atomic mass is 32.2. The highest BCUT2D eigenvalue weighted by Crippen LogP contribution is 2.57. The van der Waals surface area contributed by atoms with Gasteiger partial charge in [-0.1, -0.05) is 6.92 Å². The number of anilines is 1. The number of aromatic nitrogens is 3. The average molecular weight is 608 g/mol. The Bertz CT molecular complexity index is 1580. The quantitative estimate of drug-likeness (QED) is 0.371. The molecule has 5 rings (SSSR count). The van der Waals surface area contributed by atoms with Gasteiger partial charge in [-0.05, 0) is 75.4 Å². The summed E-state index contributed by atoms with van der Waals surface area (Å²) in [5.41, 5.74) is -2.19. The van der Waals surface area contributed by atoms with Gasteiger partial charge in [-0.3, -0.25) is 4.79 Å². The van der Waals surface area contributed by atoms with Crippen molar-refractivity contribution in [2.24, 2.45) is 11.3 Å². The number of hydrogen-bond donors (Lipinski definition) is 1. The summed E-state index contributed by atoms with van der Waals surface area (Å²) in [6.07, 6.45) is -2.00. The zero-order valence-corrected chi connectivity index (χ0v) is 24.4. The number of pyridine rings is 1. The summed E-state index contributed by atoms with van der Waals surface area (Å²) < 4.78 is 79.8. The van der Waals surface area contributed by atoms with E-state index < -0.39 is 39.7 Å². The molecule has 0 radical (unpaired) electrons. The molecule has 1 aromatic carbocycles. The Labute approximate surface area is 241 Å². The molecular weight excluding hydrogens is 575 g/mol. The predicted molar refractivity (Wildman–Crippen MR) is 147 cm³/mol. The van der Waals surface area contributed by atoms with Gasteiger partial charge in [0.25, 0.3) is 15.9 Å².